The molecule has 1 aromatic rings. The number of nitro benzene ring substituents is 1. The van der Waals surface area contributed by atoms with Crippen molar-refractivity contribution in [2.45, 2.75) is 6.92 Å². The van der Waals surface area contributed by atoms with Gasteiger partial charge in [0.25, 0.3) is 5.69 Å². The Labute approximate surface area is 105 Å². The maximum Gasteiger partial charge on any atom is 0.274 e. The van der Waals surface area contributed by atoms with Crippen molar-refractivity contribution in [3.05, 3.63) is 33.9 Å². The number of hydrogen-bond acceptors (Lipinski definition) is 4. The Morgan fingerprint density at radius 2 is 2.28 bits per heavy atom. The van der Waals surface area contributed by atoms with Gasteiger partial charge >= 0.3 is 0 Å². The molecule has 0 heterocycles. The lowest BCUT2D eigenvalue weighted by molar-refractivity contribution is -0.385. The summed E-state index contributed by atoms with van der Waals surface area (Å²) in [5, 5.41) is 16.0. The third-order valence-corrected chi connectivity index (χ3v) is 2.20. The summed E-state index contributed by atoms with van der Waals surface area (Å²) in [4.78, 5) is 21.7. The molecule has 2 N–H and O–H groups in total. The standard InChI is InChI=1S/C12H13N3O3/c1-3-6-13-8-12(16)14-10-5-4-9(2)11(7-10)15(17)18/h1,4-5,7,13H,6,8H2,2H3,(H,14,16). The lowest BCUT2D eigenvalue weighted by Crippen LogP contribution is -2.28. The lowest BCUT2D eigenvalue weighted by Gasteiger charge is -2.06. The van der Waals surface area contributed by atoms with Crippen molar-refractivity contribution >= 4 is 17.3 Å². The molecule has 0 aromatic heterocycles. The molecular weight excluding hydrogens is 234 g/mol. The summed E-state index contributed by atoms with van der Waals surface area (Å²) in [6.45, 7) is 1.99. The van der Waals surface area contributed by atoms with Crippen LogP contribution in [-0.2, 0) is 4.79 Å². The monoisotopic (exact) mass is 247 g/mol. The fourth-order valence-corrected chi connectivity index (χ4v) is 1.34. The summed E-state index contributed by atoms with van der Waals surface area (Å²) < 4.78 is 0. The molecule has 0 fully saturated rings. The van der Waals surface area contributed by atoms with E-state index in [1.54, 1.807) is 19.1 Å². The van der Waals surface area contributed by atoms with Gasteiger partial charge in [0.15, 0.2) is 0 Å². The van der Waals surface area contributed by atoms with Crippen molar-refractivity contribution < 1.29 is 9.72 Å². The van der Waals surface area contributed by atoms with Crippen molar-refractivity contribution in [3.8, 4) is 12.3 Å². The van der Waals surface area contributed by atoms with Crippen LogP contribution in [0.5, 0.6) is 0 Å². The van der Waals surface area contributed by atoms with E-state index in [4.69, 9.17) is 6.42 Å². The van der Waals surface area contributed by atoms with E-state index in [0.29, 0.717) is 17.8 Å². The summed E-state index contributed by atoms with van der Waals surface area (Å²) in [5.41, 5.74) is 0.910. The molecule has 0 unspecified atom stereocenters. The average Bonchev–Trinajstić information content (AvgIpc) is 2.31. The van der Waals surface area contributed by atoms with Gasteiger partial charge in [-0.2, -0.15) is 0 Å². The second kappa shape index (κ2) is 6.37. The molecule has 18 heavy (non-hydrogen) atoms. The van der Waals surface area contributed by atoms with Crippen LogP contribution in [0.1, 0.15) is 5.56 Å². The van der Waals surface area contributed by atoms with E-state index >= 15 is 0 Å². The number of terminal acetylenes is 1. The van der Waals surface area contributed by atoms with E-state index in [9.17, 15) is 14.9 Å². The summed E-state index contributed by atoms with van der Waals surface area (Å²) >= 11 is 0. The maximum atomic E-state index is 11.4. The largest absolute Gasteiger partial charge is 0.325 e. The first-order valence-corrected chi connectivity index (χ1v) is 5.23. The van der Waals surface area contributed by atoms with Crippen molar-refractivity contribution in [1.29, 1.82) is 0 Å². The maximum absolute atomic E-state index is 11.4. The molecule has 0 saturated heterocycles. The minimum Gasteiger partial charge on any atom is -0.325 e. The van der Waals surface area contributed by atoms with Gasteiger partial charge in [-0.1, -0.05) is 12.0 Å². The van der Waals surface area contributed by atoms with Gasteiger partial charge < -0.3 is 5.32 Å². The first-order valence-electron chi connectivity index (χ1n) is 5.23. The predicted molar refractivity (Wildman–Crippen MR) is 68.2 cm³/mol. The number of nitrogens with one attached hydrogen (secondary N) is 2. The number of benzene rings is 1. The van der Waals surface area contributed by atoms with E-state index in [-0.39, 0.29) is 18.1 Å². The summed E-state index contributed by atoms with van der Waals surface area (Å²) in [6.07, 6.45) is 5.02. The third-order valence-electron chi connectivity index (χ3n) is 2.20. The molecule has 1 rings (SSSR count). The molecule has 1 amide bonds. The molecule has 0 radical (unpaired) electrons. The van der Waals surface area contributed by atoms with Crippen LogP contribution in [0.15, 0.2) is 18.2 Å². The fourth-order valence-electron chi connectivity index (χ4n) is 1.34. The van der Waals surface area contributed by atoms with Crippen LogP contribution in [0.3, 0.4) is 0 Å². The van der Waals surface area contributed by atoms with Crippen molar-refractivity contribution in [2.75, 3.05) is 18.4 Å². The van der Waals surface area contributed by atoms with E-state index < -0.39 is 4.92 Å². The smallest absolute Gasteiger partial charge is 0.274 e. The zero-order chi connectivity index (χ0) is 13.5. The van der Waals surface area contributed by atoms with E-state index in [2.05, 4.69) is 16.6 Å². The second-order valence-electron chi connectivity index (χ2n) is 3.61. The number of nitro groups is 1. The summed E-state index contributed by atoms with van der Waals surface area (Å²) in [7, 11) is 0. The van der Waals surface area contributed by atoms with E-state index in [0.717, 1.165) is 0 Å². The van der Waals surface area contributed by atoms with Gasteiger partial charge in [0.2, 0.25) is 5.91 Å². The Hall–Kier alpha value is -2.39. The topological polar surface area (TPSA) is 84.3 Å². The van der Waals surface area contributed by atoms with Crippen molar-refractivity contribution in [1.82, 2.24) is 5.32 Å². The zero-order valence-corrected chi connectivity index (χ0v) is 9.90. The molecule has 0 aliphatic carbocycles. The molecule has 0 spiro atoms. The van der Waals surface area contributed by atoms with Gasteiger partial charge in [0.05, 0.1) is 18.0 Å². The van der Waals surface area contributed by atoms with Crippen LogP contribution in [0, 0.1) is 29.4 Å². The molecule has 0 bridgehead atoms. The van der Waals surface area contributed by atoms with Crippen LogP contribution in [0.2, 0.25) is 0 Å². The number of rotatable bonds is 5. The highest BCUT2D eigenvalue weighted by molar-refractivity contribution is 5.92. The molecule has 0 saturated carbocycles. The quantitative estimate of drug-likeness (QED) is 0.353. The van der Waals surface area contributed by atoms with Crippen LogP contribution < -0.4 is 10.6 Å². The van der Waals surface area contributed by atoms with Gasteiger partial charge in [-0.25, -0.2) is 0 Å². The van der Waals surface area contributed by atoms with Gasteiger partial charge in [0.1, 0.15) is 0 Å². The molecule has 94 valence electrons. The number of amides is 1. The zero-order valence-electron chi connectivity index (χ0n) is 9.90. The highest BCUT2D eigenvalue weighted by atomic mass is 16.6. The Morgan fingerprint density at radius 1 is 1.56 bits per heavy atom. The number of nitrogens with zero attached hydrogens (tertiary/aromatic N) is 1. The highest BCUT2D eigenvalue weighted by Gasteiger charge is 2.11. The lowest BCUT2D eigenvalue weighted by atomic mass is 10.2. The van der Waals surface area contributed by atoms with Crippen molar-refractivity contribution in [2.24, 2.45) is 0 Å². The van der Waals surface area contributed by atoms with Gasteiger partial charge in [-0.15, -0.1) is 6.42 Å². The molecule has 0 aliphatic rings. The molecule has 6 heteroatoms. The second-order valence-corrected chi connectivity index (χ2v) is 3.61. The Kier molecular flexibility index (Phi) is 4.84. The van der Waals surface area contributed by atoms with Crippen LogP contribution in [0.25, 0.3) is 0 Å². The number of carbonyl (C=O) groups excluding carboxylic acids is 1. The van der Waals surface area contributed by atoms with E-state index in [1.165, 1.54) is 6.07 Å². The number of hydrogen-bond donors (Lipinski definition) is 2. The fraction of sp³-hybridized carbons (Fsp3) is 0.250. The molecule has 1 aromatic carbocycles. The molecule has 6 nitrogen and oxygen atoms in total. The molecular formula is C12H13N3O3. The van der Waals surface area contributed by atoms with Crippen LogP contribution in [0.4, 0.5) is 11.4 Å². The predicted octanol–water partition coefficient (Wildman–Crippen LogP) is 1.06. The molecule has 0 atom stereocenters. The first kappa shape index (κ1) is 13.7. The Bertz CT molecular complexity index is 506. The third kappa shape index (κ3) is 3.88. The minimum absolute atomic E-state index is 0.0237. The summed E-state index contributed by atoms with van der Waals surface area (Å²) in [5.74, 6) is 2.04. The Morgan fingerprint density at radius 3 is 2.89 bits per heavy atom. The number of anilines is 1. The van der Waals surface area contributed by atoms with Gasteiger partial charge in [-0.05, 0) is 13.0 Å². The first-order chi connectivity index (χ1) is 8.54. The minimum atomic E-state index is -0.485. The highest BCUT2D eigenvalue weighted by Crippen LogP contribution is 2.21. The van der Waals surface area contributed by atoms with Gasteiger partial charge in [-0.3, -0.25) is 20.2 Å². The normalized spacial score (nSPS) is 9.56. The molecule has 0 aliphatic heterocycles. The van der Waals surface area contributed by atoms with Crippen LogP contribution >= 0.6 is 0 Å². The summed E-state index contributed by atoms with van der Waals surface area (Å²) in [6, 6.07) is 4.53. The van der Waals surface area contributed by atoms with Crippen molar-refractivity contribution in [3.63, 3.8) is 0 Å². The van der Waals surface area contributed by atoms with Gasteiger partial charge in [0, 0.05) is 17.3 Å². The number of aryl methyl sites for hydroxylation is 1. The van der Waals surface area contributed by atoms with Crippen LogP contribution in [-0.4, -0.2) is 23.9 Å². The average molecular weight is 247 g/mol. The SMILES string of the molecule is C#CCNCC(=O)Nc1ccc(C)c([N+](=O)[O-])c1. The number of carbonyl (C=O) groups is 1. The Balaban J connectivity index is 2.68. The van der Waals surface area contributed by atoms with E-state index in [1.807, 2.05) is 0 Å².